The standard InChI is InChI=1S/C18H28O/c1-13-9-14(2)18(15(3)10-13)12-17(19)11-16-7-5-4-6-8-16/h9-10,16-17,19H,4-8,11-12H2,1-3H3. The molecule has 2 rings (SSSR count). The van der Waals surface area contributed by atoms with Gasteiger partial charge in [0.15, 0.2) is 0 Å². The Morgan fingerprint density at radius 3 is 2.21 bits per heavy atom. The molecule has 1 heteroatoms. The first-order chi connectivity index (χ1) is 9.06. The van der Waals surface area contributed by atoms with Gasteiger partial charge in [0.2, 0.25) is 0 Å². The van der Waals surface area contributed by atoms with E-state index in [4.69, 9.17) is 0 Å². The largest absolute Gasteiger partial charge is 0.393 e. The summed E-state index contributed by atoms with van der Waals surface area (Å²) < 4.78 is 0. The highest BCUT2D eigenvalue weighted by Crippen LogP contribution is 2.28. The fourth-order valence-electron chi connectivity index (χ4n) is 3.66. The lowest BCUT2D eigenvalue weighted by Gasteiger charge is -2.24. The molecule has 1 aliphatic rings. The van der Waals surface area contributed by atoms with Crippen LogP contribution in [0.4, 0.5) is 0 Å². The van der Waals surface area contributed by atoms with Gasteiger partial charge in [-0.1, -0.05) is 49.8 Å². The molecule has 1 nitrogen and oxygen atoms in total. The third-order valence-corrected chi connectivity index (χ3v) is 4.61. The predicted molar refractivity (Wildman–Crippen MR) is 81.6 cm³/mol. The molecule has 1 aliphatic carbocycles. The zero-order valence-corrected chi connectivity index (χ0v) is 12.7. The van der Waals surface area contributed by atoms with E-state index in [1.54, 1.807) is 0 Å². The first-order valence-corrected chi connectivity index (χ1v) is 7.81. The molecule has 1 aromatic carbocycles. The highest BCUT2D eigenvalue weighted by atomic mass is 16.3. The van der Waals surface area contributed by atoms with Crippen LogP contribution in [0.5, 0.6) is 0 Å². The van der Waals surface area contributed by atoms with Gasteiger partial charge in [0.05, 0.1) is 6.10 Å². The summed E-state index contributed by atoms with van der Waals surface area (Å²) in [5, 5.41) is 10.4. The molecule has 19 heavy (non-hydrogen) atoms. The molecule has 0 spiro atoms. The van der Waals surface area contributed by atoms with E-state index in [1.807, 2.05) is 0 Å². The molecule has 0 aliphatic heterocycles. The molecule has 0 heterocycles. The van der Waals surface area contributed by atoms with Crippen molar-refractivity contribution in [3.05, 3.63) is 34.4 Å². The molecule has 1 saturated carbocycles. The molecule has 0 amide bonds. The number of aliphatic hydroxyl groups is 1. The summed E-state index contributed by atoms with van der Waals surface area (Å²) in [6.07, 6.45) is 8.42. The first-order valence-electron chi connectivity index (χ1n) is 7.81. The van der Waals surface area contributed by atoms with E-state index in [-0.39, 0.29) is 6.10 Å². The van der Waals surface area contributed by atoms with Gasteiger partial charge in [0.25, 0.3) is 0 Å². The molecule has 0 radical (unpaired) electrons. The second kappa shape index (κ2) is 6.56. The lowest BCUT2D eigenvalue weighted by molar-refractivity contribution is 0.130. The average molecular weight is 260 g/mol. The van der Waals surface area contributed by atoms with Gasteiger partial charge in [-0.05, 0) is 56.2 Å². The molecule has 106 valence electrons. The maximum atomic E-state index is 10.4. The van der Waals surface area contributed by atoms with Crippen molar-refractivity contribution in [2.75, 3.05) is 0 Å². The van der Waals surface area contributed by atoms with Gasteiger partial charge < -0.3 is 5.11 Å². The van der Waals surface area contributed by atoms with Crippen molar-refractivity contribution in [2.24, 2.45) is 5.92 Å². The van der Waals surface area contributed by atoms with E-state index in [0.29, 0.717) is 0 Å². The van der Waals surface area contributed by atoms with Crippen molar-refractivity contribution in [1.82, 2.24) is 0 Å². The van der Waals surface area contributed by atoms with Crippen LogP contribution in [0.1, 0.15) is 60.8 Å². The number of hydrogen-bond donors (Lipinski definition) is 1. The van der Waals surface area contributed by atoms with Crippen molar-refractivity contribution >= 4 is 0 Å². The van der Waals surface area contributed by atoms with E-state index in [2.05, 4.69) is 32.9 Å². The summed E-state index contributed by atoms with van der Waals surface area (Å²) >= 11 is 0. The summed E-state index contributed by atoms with van der Waals surface area (Å²) in [5.41, 5.74) is 5.34. The highest BCUT2D eigenvalue weighted by molar-refractivity contribution is 5.37. The van der Waals surface area contributed by atoms with Gasteiger partial charge in [0.1, 0.15) is 0 Å². The summed E-state index contributed by atoms with van der Waals surface area (Å²) in [6.45, 7) is 6.48. The van der Waals surface area contributed by atoms with Crippen molar-refractivity contribution in [2.45, 2.75) is 71.8 Å². The third kappa shape index (κ3) is 4.07. The normalized spacial score (nSPS) is 18.5. The Bertz CT molecular complexity index is 393. The topological polar surface area (TPSA) is 20.2 Å². The lowest BCUT2D eigenvalue weighted by Crippen LogP contribution is -2.19. The molecule has 0 saturated heterocycles. The fourth-order valence-corrected chi connectivity index (χ4v) is 3.66. The Hall–Kier alpha value is -0.820. The van der Waals surface area contributed by atoms with Crippen LogP contribution in [-0.4, -0.2) is 11.2 Å². The summed E-state index contributed by atoms with van der Waals surface area (Å²) in [4.78, 5) is 0. The van der Waals surface area contributed by atoms with E-state index >= 15 is 0 Å². The molecule has 1 atom stereocenters. The molecule has 1 aromatic rings. The molecule has 0 bridgehead atoms. The molecule has 0 aromatic heterocycles. The molecule has 1 N–H and O–H groups in total. The van der Waals surface area contributed by atoms with Crippen molar-refractivity contribution in [1.29, 1.82) is 0 Å². The highest BCUT2D eigenvalue weighted by Gasteiger charge is 2.18. The van der Waals surface area contributed by atoms with Crippen LogP contribution in [0.2, 0.25) is 0 Å². The second-order valence-corrected chi connectivity index (χ2v) is 6.47. The van der Waals surface area contributed by atoms with E-state index in [0.717, 1.165) is 18.8 Å². The molecular weight excluding hydrogens is 232 g/mol. The molecule has 1 unspecified atom stereocenters. The van der Waals surface area contributed by atoms with Crippen molar-refractivity contribution < 1.29 is 5.11 Å². The second-order valence-electron chi connectivity index (χ2n) is 6.47. The van der Waals surface area contributed by atoms with Gasteiger partial charge in [-0.3, -0.25) is 0 Å². The Morgan fingerprint density at radius 2 is 1.63 bits per heavy atom. The van der Waals surface area contributed by atoms with Crippen LogP contribution in [0.15, 0.2) is 12.1 Å². The van der Waals surface area contributed by atoms with Crippen LogP contribution in [0, 0.1) is 26.7 Å². The van der Waals surface area contributed by atoms with Crippen molar-refractivity contribution in [3.63, 3.8) is 0 Å². The third-order valence-electron chi connectivity index (χ3n) is 4.61. The van der Waals surface area contributed by atoms with Crippen LogP contribution in [0.25, 0.3) is 0 Å². The molecular formula is C18H28O. The van der Waals surface area contributed by atoms with E-state index in [9.17, 15) is 5.11 Å². The fraction of sp³-hybridized carbons (Fsp3) is 0.667. The van der Waals surface area contributed by atoms with E-state index < -0.39 is 0 Å². The van der Waals surface area contributed by atoms with Gasteiger partial charge >= 0.3 is 0 Å². The minimum atomic E-state index is -0.164. The van der Waals surface area contributed by atoms with Gasteiger partial charge in [0, 0.05) is 0 Å². The Balaban J connectivity index is 1.96. The maximum absolute atomic E-state index is 10.4. The Kier molecular flexibility index (Phi) is 5.04. The van der Waals surface area contributed by atoms with Crippen LogP contribution < -0.4 is 0 Å². The average Bonchev–Trinajstić information content (AvgIpc) is 2.35. The lowest BCUT2D eigenvalue weighted by atomic mass is 9.83. The summed E-state index contributed by atoms with van der Waals surface area (Å²) in [6, 6.07) is 4.46. The first kappa shape index (κ1) is 14.6. The van der Waals surface area contributed by atoms with Crippen molar-refractivity contribution in [3.8, 4) is 0 Å². The summed E-state index contributed by atoms with van der Waals surface area (Å²) in [7, 11) is 0. The van der Waals surface area contributed by atoms with Crippen LogP contribution in [-0.2, 0) is 6.42 Å². The monoisotopic (exact) mass is 260 g/mol. The number of hydrogen-bond acceptors (Lipinski definition) is 1. The number of aliphatic hydroxyl groups excluding tert-OH is 1. The minimum Gasteiger partial charge on any atom is -0.393 e. The Morgan fingerprint density at radius 1 is 1.05 bits per heavy atom. The molecule has 1 fully saturated rings. The number of aryl methyl sites for hydroxylation is 3. The smallest absolute Gasteiger partial charge is 0.0583 e. The van der Waals surface area contributed by atoms with E-state index in [1.165, 1.54) is 54.4 Å². The number of benzene rings is 1. The zero-order valence-electron chi connectivity index (χ0n) is 12.7. The number of rotatable bonds is 4. The quantitative estimate of drug-likeness (QED) is 0.846. The maximum Gasteiger partial charge on any atom is 0.0583 e. The van der Waals surface area contributed by atoms with Gasteiger partial charge in [-0.2, -0.15) is 0 Å². The van der Waals surface area contributed by atoms with Gasteiger partial charge in [-0.25, -0.2) is 0 Å². The summed E-state index contributed by atoms with van der Waals surface area (Å²) in [5.74, 6) is 0.759. The minimum absolute atomic E-state index is 0.164. The van der Waals surface area contributed by atoms with Gasteiger partial charge in [-0.15, -0.1) is 0 Å². The van der Waals surface area contributed by atoms with Crippen LogP contribution in [0.3, 0.4) is 0 Å². The predicted octanol–water partition coefficient (Wildman–Crippen LogP) is 4.49. The zero-order chi connectivity index (χ0) is 13.8. The SMILES string of the molecule is Cc1cc(C)c(CC(O)CC2CCCCC2)c(C)c1. The van der Waals surface area contributed by atoms with Crippen LogP contribution >= 0.6 is 0 Å². The Labute approximate surface area is 118 Å².